The molecule has 0 amide bonds. The van der Waals surface area contributed by atoms with Gasteiger partial charge in [0.05, 0.1) is 20.5 Å². The van der Waals surface area contributed by atoms with Crippen LogP contribution < -0.4 is 5.73 Å². The van der Waals surface area contributed by atoms with Crippen molar-refractivity contribution < 1.29 is 0 Å². The Kier molecular flexibility index (Phi) is 2.58. The number of halogens is 1. The van der Waals surface area contributed by atoms with Crippen LogP contribution in [-0.4, -0.2) is 4.98 Å². The van der Waals surface area contributed by atoms with E-state index in [0.717, 1.165) is 4.88 Å². The number of nitriles is 1. The highest BCUT2D eigenvalue weighted by Crippen LogP contribution is 2.33. The fraction of sp³-hybridized carbons (Fsp3) is 0. The highest BCUT2D eigenvalue weighted by atomic mass is 35.5. The standard InChI is InChI=1S/C10H6ClN3S/c11-8-2-1-7(15-8)10-9(13)6(5-12)3-4-14-10/h1-4H,13H2. The normalized spacial score (nSPS) is 9.87. The van der Waals surface area contributed by atoms with Crippen molar-refractivity contribution in [1.82, 2.24) is 4.98 Å². The first kappa shape index (κ1) is 9.97. The van der Waals surface area contributed by atoms with E-state index in [1.165, 1.54) is 11.3 Å². The molecule has 0 aliphatic carbocycles. The molecule has 15 heavy (non-hydrogen) atoms. The zero-order valence-electron chi connectivity index (χ0n) is 7.57. The van der Waals surface area contributed by atoms with Crippen molar-refractivity contribution in [2.45, 2.75) is 0 Å². The molecule has 2 rings (SSSR count). The minimum atomic E-state index is 0.401. The maximum atomic E-state index is 8.81. The van der Waals surface area contributed by atoms with Crippen LogP contribution in [0.4, 0.5) is 5.69 Å². The van der Waals surface area contributed by atoms with Gasteiger partial charge in [0, 0.05) is 6.20 Å². The van der Waals surface area contributed by atoms with E-state index >= 15 is 0 Å². The van der Waals surface area contributed by atoms with Gasteiger partial charge in [-0.3, -0.25) is 4.98 Å². The Bertz CT molecular complexity index is 542. The average molecular weight is 236 g/mol. The molecule has 2 aromatic rings. The molecule has 0 saturated carbocycles. The number of anilines is 1. The van der Waals surface area contributed by atoms with Crippen LogP contribution in [-0.2, 0) is 0 Å². The quantitative estimate of drug-likeness (QED) is 0.827. The third-order valence-corrected chi connectivity index (χ3v) is 3.16. The van der Waals surface area contributed by atoms with Crippen LogP contribution in [0.15, 0.2) is 24.4 Å². The molecule has 2 aromatic heterocycles. The molecule has 0 atom stereocenters. The summed E-state index contributed by atoms with van der Waals surface area (Å²) in [5, 5.41) is 8.81. The third-order valence-electron chi connectivity index (χ3n) is 1.92. The Labute approximate surface area is 95.7 Å². The van der Waals surface area contributed by atoms with Crippen LogP contribution in [0.25, 0.3) is 10.6 Å². The number of thiophene rings is 1. The van der Waals surface area contributed by atoms with Crippen molar-refractivity contribution in [3.8, 4) is 16.6 Å². The smallest absolute Gasteiger partial charge is 0.104 e. The largest absolute Gasteiger partial charge is 0.396 e. The van der Waals surface area contributed by atoms with Crippen LogP contribution in [0, 0.1) is 11.3 Å². The van der Waals surface area contributed by atoms with E-state index in [0.29, 0.717) is 21.3 Å². The number of pyridine rings is 1. The van der Waals surface area contributed by atoms with E-state index < -0.39 is 0 Å². The Morgan fingerprint density at radius 3 is 2.80 bits per heavy atom. The number of hydrogen-bond donors (Lipinski definition) is 1. The van der Waals surface area contributed by atoms with Crippen molar-refractivity contribution in [3.63, 3.8) is 0 Å². The lowest BCUT2D eigenvalue weighted by atomic mass is 10.2. The lowest BCUT2D eigenvalue weighted by molar-refractivity contribution is 1.32. The summed E-state index contributed by atoms with van der Waals surface area (Å²) in [7, 11) is 0. The van der Waals surface area contributed by atoms with Gasteiger partial charge in [-0.25, -0.2) is 0 Å². The fourth-order valence-corrected chi connectivity index (χ4v) is 2.26. The minimum absolute atomic E-state index is 0.401. The van der Waals surface area contributed by atoms with Crippen molar-refractivity contribution in [2.24, 2.45) is 0 Å². The molecule has 0 aliphatic rings. The maximum absolute atomic E-state index is 8.81. The predicted molar refractivity (Wildman–Crippen MR) is 61.7 cm³/mol. The molecule has 0 fully saturated rings. The highest BCUT2D eigenvalue weighted by molar-refractivity contribution is 7.19. The summed E-state index contributed by atoms with van der Waals surface area (Å²) < 4.78 is 0.675. The predicted octanol–water partition coefficient (Wildman–Crippen LogP) is 2.92. The minimum Gasteiger partial charge on any atom is -0.396 e. The summed E-state index contributed by atoms with van der Waals surface area (Å²) in [5.74, 6) is 0. The van der Waals surface area contributed by atoms with Crippen LogP contribution in [0.2, 0.25) is 4.34 Å². The lowest BCUT2D eigenvalue weighted by Crippen LogP contribution is -1.95. The first-order valence-electron chi connectivity index (χ1n) is 4.12. The van der Waals surface area contributed by atoms with Crippen LogP contribution in [0.1, 0.15) is 5.56 Å². The van der Waals surface area contributed by atoms with Gasteiger partial charge in [-0.15, -0.1) is 11.3 Å². The molecule has 0 spiro atoms. The molecule has 0 aromatic carbocycles. The first-order chi connectivity index (χ1) is 7.22. The maximum Gasteiger partial charge on any atom is 0.104 e. The number of aromatic nitrogens is 1. The summed E-state index contributed by atoms with van der Waals surface area (Å²) >= 11 is 7.21. The summed E-state index contributed by atoms with van der Waals surface area (Å²) in [6.07, 6.45) is 1.57. The fourth-order valence-electron chi connectivity index (χ4n) is 1.21. The topological polar surface area (TPSA) is 62.7 Å². The molecular weight excluding hydrogens is 230 g/mol. The molecule has 0 saturated heterocycles. The third kappa shape index (κ3) is 1.80. The Morgan fingerprint density at radius 2 is 2.20 bits per heavy atom. The second-order valence-electron chi connectivity index (χ2n) is 2.84. The van der Waals surface area contributed by atoms with Gasteiger partial charge in [0.15, 0.2) is 0 Å². The molecule has 2 N–H and O–H groups in total. The van der Waals surface area contributed by atoms with Crippen molar-refractivity contribution in [3.05, 3.63) is 34.3 Å². The van der Waals surface area contributed by atoms with E-state index in [1.807, 2.05) is 12.1 Å². The Balaban J connectivity index is 2.59. The van der Waals surface area contributed by atoms with Crippen LogP contribution >= 0.6 is 22.9 Å². The summed E-state index contributed by atoms with van der Waals surface area (Å²) in [4.78, 5) is 5.02. The van der Waals surface area contributed by atoms with E-state index in [-0.39, 0.29) is 0 Å². The number of hydrogen-bond acceptors (Lipinski definition) is 4. The van der Waals surface area contributed by atoms with Gasteiger partial charge in [0.2, 0.25) is 0 Å². The van der Waals surface area contributed by atoms with Gasteiger partial charge in [-0.2, -0.15) is 5.26 Å². The van der Waals surface area contributed by atoms with E-state index in [9.17, 15) is 0 Å². The molecule has 0 aliphatic heterocycles. The molecule has 0 unspecified atom stereocenters. The second kappa shape index (κ2) is 3.89. The van der Waals surface area contributed by atoms with E-state index in [2.05, 4.69) is 4.98 Å². The average Bonchev–Trinajstić information content (AvgIpc) is 2.65. The molecule has 5 heteroatoms. The molecule has 0 radical (unpaired) electrons. The van der Waals surface area contributed by atoms with Crippen LogP contribution in [0.5, 0.6) is 0 Å². The number of nitrogen functional groups attached to an aromatic ring is 1. The first-order valence-corrected chi connectivity index (χ1v) is 5.32. The van der Waals surface area contributed by atoms with Gasteiger partial charge >= 0.3 is 0 Å². The van der Waals surface area contributed by atoms with E-state index in [1.54, 1.807) is 18.3 Å². The van der Waals surface area contributed by atoms with E-state index in [4.69, 9.17) is 22.6 Å². The molecule has 3 nitrogen and oxygen atoms in total. The molecule has 0 bridgehead atoms. The summed E-state index contributed by atoms with van der Waals surface area (Å²) in [6, 6.07) is 7.23. The molecule has 74 valence electrons. The monoisotopic (exact) mass is 235 g/mol. The lowest BCUT2D eigenvalue weighted by Gasteiger charge is -2.02. The number of nitrogens with zero attached hydrogens (tertiary/aromatic N) is 2. The Morgan fingerprint density at radius 1 is 1.40 bits per heavy atom. The van der Waals surface area contributed by atoms with Gasteiger partial charge in [0.1, 0.15) is 11.8 Å². The van der Waals surface area contributed by atoms with Crippen LogP contribution in [0.3, 0.4) is 0 Å². The molecule has 2 heterocycles. The van der Waals surface area contributed by atoms with Crippen molar-refractivity contribution in [1.29, 1.82) is 5.26 Å². The Hall–Kier alpha value is -1.57. The second-order valence-corrected chi connectivity index (χ2v) is 4.55. The van der Waals surface area contributed by atoms with Gasteiger partial charge < -0.3 is 5.73 Å². The van der Waals surface area contributed by atoms with Gasteiger partial charge in [0.25, 0.3) is 0 Å². The van der Waals surface area contributed by atoms with Gasteiger partial charge in [-0.05, 0) is 18.2 Å². The summed E-state index contributed by atoms with van der Waals surface area (Å²) in [5.41, 5.74) is 7.27. The van der Waals surface area contributed by atoms with Crippen molar-refractivity contribution >= 4 is 28.6 Å². The van der Waals surface area contributed by atoms with Crippen molar-refractivity contribution in [2.75, 3.05) is 5.73 Å². The number of rotatable bonds is 1. The zero-order chi connectivity index (χ0) is 10.8. The zero-order valence-corrected chi connectivity index (χ0v) is 9.14. The number of nitrogens with two attached hydrogens (primary N) is 1. The molecular formula is C10H6ClN3S. The van der Waals surface area contributed by atoms with Gasteiger partial charge in [-0.1, -0.05) is 11.6 Å². The summed E-state index contributed by atoms with van der Waals surface area (Å²) in [6.45, 7) is 0. The highest BCUT2D eigenvalue weighted by Gasteiger charge is 2.10. The SMILES string of the molecule is N#Cc1ccnc(-c2ccc(Cl)s2)c1N.